The van der Waals surface area contributed by atoms with Crippen LogP contribution in [0.2, 0.25) is 0 Å². The van der Waals surface area contributed by atoms with Crippen molar-refractivity contribution in [2.24, 2.45) is 0 Å². The predicted molar refractivity (Wildman–Crippen MR) is 60.7 cm³/mol. The zero-order valence-electron chi connectivity index (χ0n) is 8.92. The Labute approximate surface area is 91.8 Å². The minimum Gasteiger partial charge on any atom is -0.459 e. The largest absolute Gasteiger partial charge is 0.459 e. The van der Waals surface area contributed by atoms with Gasteiger partial charge >= 0.3 is 5.97 Å². The van der Waals surface area contributed by atoms with Crippen LogP contribution in [0, 0.1) is 0 Å². The molecule has 0 N–H and O–H groups in total. The molecular weight excluding hydrogens is 196 g/mol. The quantitative estimate of drug-likeness (QED) is 0.577. The van der Waals surface area contributed by atoms with Gasteiger partial charge in [0.2, 0.25) is 0 Å². The number of thiol groups is 1. The Bertz CT molecular complexity index is 186. The first-order valence-electron chi connectivity index (χ1n) is 5.55. The van der Waals surface area contributed by atoms with E-state index < -0.39 is 0 Å². The minimum absolute atomic E-state index is 0.0799. The number of hydrogen-bond donors (Lipinski definition) is 1. The van der Waals surface area contributed by atoms with Crippen molar-refractivity contribution >= 4 is 18.6 Å². The van der Waals surface area contributed by atoms with E-state index in [2.05, 4.69) is 19.6 Å². The Hall–Kier alpha value is -0.180. The molecule has 0 aliphatic heterocycles. The molecule has 1 aliphatic carbocycles. The lowest BCUT2D eigenvalue weighted by Gasteiger charge is -2.36. The van der Waals surface area contributed by atoms with Crippen molar-refractivity contribution in [2.75, 3.05) is 5.75 Å². The monoisotopic (exact) mass is 216 g/mol. The van der Waals surface area contributed by atoms with Gasteiger partial charge in [0.25, 0.3) is 0 Å². The van der Waals surface area contributed by atoms with Crippen LogP contribution in [0.1, 0.15) is 51.9 Å². The first kappa shape index (κ1) is 11.9. The molecule has 0 radical (unpaired) electrons. The van der Waals surface area contributed by atoms with E-state index in [-0.39, 0.29) is 11.6 Å². The van der Waals surface area contributed by atoms with Crippen molar-refractivity contribution in [1.29, 1.82) is 0 Å². The summed E-state index contributed by atoms with van der Waals surface area (Å²) in [4.78, 5) is 11.4. The van der Waals surface area contributed by atoms with Crippen LogP contribution >= 0.6 is 12.6 Å². The molecule has 0 heterocycles. The maximum atomic E-state index is 11.4. The number of esters is 1. The molecular formula is C11H20O2S. The lowest BCUT2D eigenvalue weighted by molar-refractivity contribution is -0.163. The van der Waals surface area contributed by atoms with Gasteiger partial charge in [0.15, 0.2) is 0 Å². The second kappa shape index (κ2) is 5.64. The molecule has 0 aromatic heterocycles. The summed E-state index contributed by atoms with van der Waals surface area (Å²) in [6.07, 6.45) is 7.15. The van der Waals surface area contributed by atoms with Gasteiger partial charge in [-0.25, -0.2) is 0 Å². The number of carbonyl (C=O) groups excluding carboxylic acids is 1. The molecule has 1 aliphatic rings. The molecule has 0 bridgehead atoms. The van der Waals surface area contributed by atoms with Crippen molar-refractivity contribution in [2.45, 2.75) is 57.5 Å². The molecule has 3 heteroatoms. The number of carbonyl (C=O) groups is 1. The number of rotatable bonds is 4. The molecule has 0 saturated heterocycles. The molecule has 0 aromatic carbocycles. The Morgan fingerprint density at radius 1 is 1.36 bits per heavy atom. The summed E-state index contributed by atoms with van der Waals surface area (Å²) in [6.45, 7) is 2.11. The second-order valence-corrected chi connectivity index (χ2v) is 4.49. The highest BCUT2D eigenvalue weighted by atomic mass is 32.1. The maximum Gasteiger partial charge on any atom is 0.307 e. The summed E-state index contributed by atoms with van der Waals surface area (Å²) in [5, 5.41) is 0. The van der Waals surface area contributed by atoms with E-state index in [0.717, 1.165) is 19.3 Å². The van der Waals surface area contributed by atoms with Crippen molar-refractivity contribution in [3.8, 4) is 0 Å². The molecule has 0 unspecified atom stereocenters. The molecule has 2 nitrogen and oxygen atoms in total. The van der Waals surface area contributed by atoms with Gasteiger partial charge in [0, 0.05) is 5.75 Å². The summed E-state index contributed by atoms with van der Waals surface area (Å²) in [7, 11) is 0. The van der Waals surface area contributed by atoms with Gasteiger partial charge in [-0.1, -0.05) is 13.3 Å². The van der Waals surface area contributed by atoms with Crippen molar-refractivity contribution in [3.63, 3.8) is 0 Å². The Balaban J connectivity index is 2.47. The fourth-order valence-corrected chi connectivity index (χ4v) is 2.29. The van der Waals surface area contributed by atoms with E-state index in [9.17, 15) is 4.79 Å². The van der Waals surface area contributed by atoms with E-state index in [1.165, 1.54) is 19.3 Å². The van der Waals surface area contributed by atoms with E-state index >= 15 is 0 Å². The molecule has 14 heavy (non-hydrogen) atoms. The minimum atomic E-state index is -0.141. The fraction of sp³-hybridized carbons (Fsp3) is 0.909. The van der Waals surface area contributed by atoms with Crippen LogP contribution in [0.15, 0.2) is 0 Å². The van der Waals surface area contributed by atoms with E-state index in [4.69, 9.17) is 4.74 Å². The smallest absolute Gasteiger partial charge is 0.307 e. The summed E-state index contributed by atoms with van der Waals surface area (Å²) >= 11 is 4.03. The zero-order chi connectivity index (χ0) is 10.4. The van der Waals surface area contributed by atoms with E-state index in [1.807, 2.05) is 0 Å². The molecule has 0 amide bonds. The van der Waals surface area contributed by atoms with Gasteiger partial charge in [-0.2, -0.15) is 12.6 Å². The van der Waals surface area contributed by atoms with E-state index in [1.54, 1.807) is 0 Å². The van der Waals surface area contributed by atoms with Gasteiger partial charge in [-0.15, -0.1) is 0 Å². The molecule has 1 saturated carbocycles. The average Bonchev–Trinajstić information content (AvgIpc) is 2.19. The van der Waals surface area contributed by atoms with E-state index in [0.29, 0.717) is 12.2 Å². The lowest BCUT2D eigenvalue weighted by Crippen LogP contribution is -2.36. The summed E-state index contributed by atoms with van der Waals surface area (Å²) in [5.74, 6) is 0.502. The highest BCUT2D eigenvalue weighted by molar-refractivity contribution is 7.80. The molecule has 1 rings (SSSR count). The van der Waals surface area contributed by atoms with Crippen molar-refractivity contribution < 1.29 is 9.53 Å². The van der Waals surface area contributed by atoms with Gasteiger partial charge < -0.3 is 4.74 Å². The normalized spacial score (nSPS) is 20.4. The third-order valence-corrected chi connectivity index (χ3v) is 3.28. The third kappa shape index (κ3) is 3.19. The van der Waals surface area contributed by atoms with Crippen LogP contribution in [0.4, 0.5) is 0 Å². The second-order valence-electron chi connectivity index (χ2n) is 4.04. The lowest BCUT2D eigenvalue weighted by atomic mass is 9.83. The van der Waals surface area contributed by atoms with Gasteiger partial charge in [0.05, 0.1) is 6.42 Å². The zero-order valence-corrected chi connectivity index (χ0v) is 9.81. The van der Waals surface area contributed by atoms with Crippen molar-refractivity contribution in [1.82, 2.24) is 0 Å². The number of ether oxygens (including phenoxy) is 1. The number of hydrogen-bond acceptors (Lipinski definition) is 3. The summed E-state index contributed by atoms with van der Waals surface area (Å²) in [6, 6.07) is 0. The van der Waals surface area contributed by atoms with Gasteiger partial charge in [-0.3, -0.25) is 4.79 Å². The Morgan fingerprint density at radius 2 is 2.00 bits per heavy atom. The molecule has 1 fully saturated rings. The fourth-order valence-electron chi connectivity index (χ4n) is 2.11. The predicted octanol–water partition coefficient (Wildman–Crippen LogP) is 2.96. The highest BCUT2D eigenvalue weighted by Crippen LogP contribution is 2.34. The Morgan fingerprint density at radius 3 is 2.50 bits per heavy atom. The summed E-state index contributed by atoms with van der Waals surface area (Å²) < 4.78 is 5.58. The topological polar surface area (TPSA) is 26.3 Å². The Kier molecular flexibility index (Phi) is 4.79. The molecule has 0 atom stereocenters. The SMILES string of the molecule is CCC1(OC(=O)CCS)CCCCC1. The summed E-state index contributed by atoms with van der Waals surface area (Å²) in [5.41, 5.74) is -0.141. The van der Waals surface area contributed by atoms with Crippen LogP contribution in [-0.4, -0.2) is 17.3 Å². The van der Waals surface area contributed by atoms with Crippen LogP contribution < -0.4 is 0 Å². The maximum absolute atomic E-state index is 11.4. The first-order chi connectivity index (χ1) is 6.72. The standard InChI is InChI=1S/C11H20O2S/c1-2-11(7-4-3-5-8-11)13-10(12)6-9-14/h14H,2-9H2,1H3. The van der Waals surface area contributed by atoms with Crippen LogP contribution in [0.3, 0.4) is 0 Å². The van der Waals surface area contributed by atoms with Crippen LogP contribution in [-0.2, 0) is 9.53 Å². The first-order valence-corrected chi connectivity index (χ1v) is 6.18. The average molecular weight is 216 g/mol. The highest BCUT2D eigenvalue weighted by Gasteiger charge is 2.33. The molecule has 0 spiro atoms. The molecule has 82 valence electrons. The van der Waals surface area contributed by atoms with Crippen molar-refractivity contribution in [3.05, 3.63) is 0 Å². The third-order valence-electron chi connectivity index (χ3n) is 3.06. The van der Waals surface area contributed by atoms with Crippen LogP contribution in [0.25, 0.3) is 0 Å². The molecule has 0 aromatic rings. The van der Waals surface area contributed by atoms with Crippen LogP contribution in [0.5, 0.6) is 0 Å². The van der Waals surface area contributed by atoms with Gasteiger partial charge in [-0.05, 0) is 32.1 Å². The van der Waals surface area contributed by atoms with Gasteiger partial charge in [0.1, 0.15) is 5.60 Å².